The fourth-order valence-corrected chi connectivity index (χ4v) is 1.33. The van der Waals surface area contributed by atoms with Crippen molar-refractivity contribution in [2.24, 2.45) is 5.41 Å². The number of rotatable bonds is 4. The lowest BCUT2D eigenvalue weighted by Crippen LogP contribution is -2.43. The molecule has 0 bridgehead atoms. The summed E-state index contributed by atoms with van der Waals surface area (Å²) in [5.41, 5.74) is 0.430. The molecule has 4 heteroatoms. The van der Waals surface area contributed by atoms with Gasteiger partial charge in [-0.25, -0.2) is 0 Å². The van der Waals surface area contributed by atoms with Crippen molar-refractivity contribution in [3.8, 4) is 11.8 Å². The molecule has 0 heterocycles. The van der Waals surface area contributed by atoms with Crippen LogP contribution < -0.4 is 10.1 Å². The molecule has 0 saturated heterocycles. The van der Waals surface area contributed by atoms with Crippen LogP contribution in [0.4, 0.5) is 0 Å². The van der Waals surface area contributed by atoms with Gasteiger partial charge in [-0.05, 0) is 24.5 Å². The zero-order valence-corrected chi connectivity index (χ0v) is 11.9. The smallest absolute Gasteiger partial charge is 0.258 e. The lowest BCUT2D eigenvalue weighted by Gasteiger charge is -2.28. The highest BCUT2D eigenvalue weighted by atomic mass is 16.5. The van der Waals surface area contributed by atoms with Gasteiger partial charge < -0.3 is 10.1 Å². The standard InChI is InChI=1S/C15H20N2O2/c1-11(15(2,3)4)17-14(18)10-19-13-8-6-5-7-12(13)9-16/h5-8,11H,10H2,1-4H3,(H,17,18). The summed E-state index contributed by atoms with van der Waals surface area (Å²) in [5, 5.41) is 11.8. The van der Waals surface area contributed by atoms with E-state index in [2.05, 4.69) is 26.1 Å². The summed E-state index contributed by atoms with van der Waals surface area (Å²) in [4.78, 5) is 11.8. The number of para-hydroxylation sites is 1. The molecule has 1 N–H and O–H groups in total. The third-order valence-corrected chi connectivity index (χ3v) is 3.04. The van der Waals surface area contributed by atoms with Crippen LogP contribution in [0.5, 0.6) is 5.75 Å². The number of carbonyl (C=O) groups excluding carboxylic acids is 1. The molecule has 0 aliphatic rings. The molecule has 1 amide bonds. The van der Waals surface area contributed by atoms with Crippen LogP contribution in [0.15, 0.2) is 24.3 Å². The Labute approximate surface area is 114 Å². The van der Waals surface area contributed by atoms with Gasteiger partial charge in [0.2, 0.25) is 0 Å². The zero-order valence-electron chi connectivity index (χ0n) is 11.9. The Kier molecular flexibility index (Phi) is 4.94. The molecule has 1 aromatic rings. The van der Waals surface area contributed by atoms with E-state index >= 15 is 0 Å². The molecular weight excluding hydrogens is 240 g/mol. The molecule has 0 spiro atoms. The van der Waals surface area contributed by atoms with Crippen LogP contribution in [0.2, 0.25) is 0 Å². The first-order valence-electron chi connectivity index (χ1n) is 6.26. The summed E-state index contributed by atoms with van der Waals surface area (Å²) < 4.78 is 5.37. The van der Waals surface area contributed by atoms with Crippen LogP contribution in [-0.2, 0) is 4.79 Å². The summed E-state index contributed by atoms with van der Waals surface area (Å²) in [5.74, 6) is 0.249. The minimum Gasteiger partial charge on any atom is -0.482 e. The fraction of sp³-hybridized carbons (Fsp3) is 0.467. The molecule has 102 valence electrons. The lowest BCUT2D eigenvalue weighted by atomic mass is 9.88. The van der Waals surface area contributed by atoms with Crippen molar-refractivity contribution < 1.29 is 9.53 Å². The molecule has 0 saturated carbocycles. The maximum absolute atomic E-state index is 11.8. The Morgan fingerprint density at radius 3 is 2.63 bits per heavy atom. The molecule has 0 radical (unpaired) electrons. The van der Waals surface area contributed by atoms with Gasteiger partial charge in [-0.2, -0.15) is 5.26 Å². The summed E-state index contributed by atoms with van der Waals surface area (Å²) in [6, 6.07) is 8.94. The average Bonchev–Trinajstić information content (AvgIpc) is 2.35. The largest absolute Gasteiger partial charge is 0.482 e. The first-order valence-corrected chi connectivity index (χ1v) is 6.26. The van der Waals surface area contributed by atoms with Crippen molar-refractivity contribution in [1.82, 2.24) is 5.32 Å². The van der Waals surface area contributed by atoms with Crippen LogP contribution in [0, 0.1) is 16.7 Å². The topological polar surface area (TPSA) is 62.1 Å². The number of nitriles is 1. The SMILES string of the molecule is CC(NC(=O)COc1ccccc1C#N)C(C)(C)C. The molecule has 1 atom stereocenters. The van der Waals surface area contributed by atoms with E-state index in [1.54, 1.807) is 24.3 Å². The van der Waals surface area contributed by atoms with Crippen molar-refractivity contribution in [3.05, 3.63) is 29.8 Å². The van der Waals surface area contributed by atoms with Crippen molar-refractivity contribution in [3.63, 3.8) is 0 Å². The van der Waals surface area contributed by atoms with Gasteiger partial charge in [0.1, 0.15) is 11.8 Å². The molecule has 1 rings (SSSR count). The second kappa shape index (κ2) is 6.24. The van der Waals surface area contributed by atoms with Crippen molar-refractivity contribution >= 4 is 5.91 Å². The van der Waals surface area contributed by atoms with Crippen LogP contribution in [0.1, 0.15) is 33.3 Å². The number of nitrogens with zero attached hydrogens (tertiary/aromatic N) is 1. The predicted molar refractivity (Wildman–Crippen MR) is 73.7 cm³/mol. The van der Waals surface area contributed by atoms with E-state index in [0.717, 1.165) is 0 Å². The third-order valence-electron chi connectivity index (χ3n) is 3.04. The molecule has 19 heavy (non-hydrogen) atoms. The van der Waals surface area contributed by atoms with Crippen molar-refractivity contribution in [2.75, 3.05) is 6.61 Å². The lowest BCUT2D eigenvalue weighted by molar-refractivity contribution is -0.124. The highest BCUT2D eigenvalue weighted by Gasteiger charge is 2.21. The molecule has 0 aliphatic heterocycles. The average molecular weight is 260 g/mol. The summed E-state index contributed by atoms with van der Waals surface area (Å²) in [7, 11) is 0. The molecule has 4 nitrogen and oxygen atoms in total. The van der Waals surface area contributed by atoms with Crippen LogP contribution in [-0.4, -0.2) is 18.6 Å². The fourth-order valence-electron chi connectivity index (χ4n) is 1.33. The number of hydrogen-bond acceptors (Lipinski definition) is 3. The van der Waals surface area contributed by atoms with Crippen molar-refractivity contribution in [1.29, 1.82) is 5.26 Å². The van der Waals surface area contributed by atoms with E-state index in [1.807, 2.05) is 13.0 Å². The summed E-state index contributed by atoms with van der Waals surface area (Å²) in [6.45, 7) is 8.05. The highest BCUT2D eigenvalue weighted by molar-refractivity contribution is 5.78. The maximum Gasteiger partial charge on any atom is 0.258 e. The number of hydrogen-bond donors (Lipinski definition) is 1. The van der Waals surface area contributed by atoms with Gasteiger partial charge >= 0.3 is 0 Å². The molecule has 0 aromatic heterocycles. The van der Waals surface area contributed by atoms with Gasteiger partial charge in [-0.1, -0.05) is 32.9 Å². The number of nitrogens with one attached hydrogen (secondary N) is 1. The molecule has 1 unspecified atom stereocenters. The van der Waals surface area contributed by atoms with E-state index < -0.39 is 0 Å². The van der Waals surface area contributed by atoms with Gasteiger partial charge in [-0.15, -0.1) is 0 Å². The first-order chi connectivity index (χ1) is 8.84. The van der Waals surface area contributed by atoms with Gasteiger partial charge in [0, 0.05) is 6.04 Å². The predicted octanol–water partition coefficient (Wildman–Crippen LogP) is 2.49. The third kappa shape index (κ3) is 4.63. The Bertz CT molecular complexity index is 484. The van der Waals surface area contributed by atoms with Gasteiger partial charge in [-0.3, -0.25) is 4.79 Å². The molecule has 1 aromatic carbocycles. The summed E-state index contributed by atoms with van der Waals surface area (Å²) >= 11 is 0. The highest BCUT2D eigenvalue weighted by Crippen LogP contribution is 2.19. The Hall–Kier alpha value is -2.02. The molecular formula is C15H20N2O2. The normalized spacial score (nSPS) is 12.4. The van der Waals surface area contributed by atoms with Crippen LogP contribution in [0.3, 0.4) is 0 Å². The number of benzene rings is 1. The van der Waals surface area contributed by atoms with E-state index in [0.29, 0.717) is 11.3 Å². The van der Waals surface area contributed by atoms with Crippen LogP contribution in [0.25, 0.3) is 0 Å². The monoisotopic (exact) mass is 260 g/mol. The van der Waals surface area contributed by atoms with E-state index in [4.69, 9.17) is 10.00 Å². The van der Waals surface area contributed by atoms with Crippen LogP contribution >= 0.6 is 0 Å². The summed E-state index contributed by atoms with van der Waals surface area (Å²) in [6.07, 6.45) is 0. The number of ether oxygens (including phenoxy) is 1. The van der Waals surface area contributed by atoms with Crippen molar-refractivity contribution in [2.45, 2.75) is 33.7 Å². The van der Waals surface area contributed by atoms with E-state index in [9.17, 15) is 4.79 Å². The van der Waals surface area contributed by atoms with E-state index in [-0.39, 0.29) is 24.0 Å². The van der Waals surface area contributed by atoms with Gasteiger partial charge in [0.15, 0.2) is 6.61 Å². The second-order valence-corrected chi connectivity index (χ2v) is 5.55. The van der Waals surface area contributed by atoms with E-state index in [1.165, 1.54) is 0 Å². The molecule has 0 fully saturated rings. The zero-order chi connectivity index (χ0) is 14.5. The molecule has 0 aliphatic carbocycles. The quantitative estimate of drug-likeness (QED) is 0.904. The Balaban J connectivity index is 2.54. The van der Waals surface area contributed by atoms with Gasteiger partial charge in [0.25, 0.3) is 5.91 Å². The first kappa shape index (κ1) is 15.0. The number of amides is 1. The van der Waals surface area contributed by atoms with Gasteiger partial charge in [0.05, 0.1) is 5.56 Å². The minimum atomic E-state index is -0.185. The Morgan fingerprint density at radius 2 is 2.05 bits per heavy atom. The Morgan fingerprint density at radius 1 is 1.42 bits per heavy atom. The number of carbonyl (C=O) groups is 1. The minimum absolute atomic E-state index is 0.000220. The maximum atomic E-state index is 11.8. The second-order valence-electron chi connectivity index (χ2n) is 5.55.